The van der Waals surface area contributed by atoms with Crippen molar-refractivity contribution in [1.82, 2.24) is 4.90 Å². The van der Waals surface area contributed by atoms with E-state index < -0.39 is 59.4 Å². The number of halogens is 6. The third-order valence-corrected chi connectivity index (χ3v) is 5.02. The van der Waals surface area contributed by atoms with Gasteiger partial charge in [-0.25, -0.2) is 4.39 Å². The highest BCUT2D eigenvalue weighted by Crippen LogP contribution is 2.52. The van der Waals surface area contributed by atoms with Crippen LogP contribution in [0.25, 0.3) is 0 Å². The first-order valence-corrected chi connectivity index (χ1v) is 7.81. The van der Waals surface area contributed by atoms with Crippen LogP contribution in [0.4, 0.5) is 26.3 Å². The maximum atomic E-state index is 13.6. The second-order valence-corrected chi connectivity index (χ2v) is 6.94. The van der Waals surface area contributed by atoms with Crippen molar-refractivity contribution >= 4 is 11.8 Å². The minimum Gasteiger partial charge on any atom is -0.379 e. The third kappa shape index (κ3) is 2.93. The Morgan fingerprint density at radius 2 is 1.63 bits per heavy atom. The van der Waals surface area contributed by atoms with Crippen LogP contribution in [0.1, 0.15) is 24.0 Å². The molecule has 0 atom stereocenters. The molecule has 0 aromatic heterocycles. The van der Waals surface area contributed by atoms with Gasteiger partial charge in [0.1, 0.15) is 5.82 Å². The number of carbonyl (C=O) groups excluding carboxylic acids is 2. The molecule has 0 bridgehead atoms. The van der Waals surface area contributed by atoms with Gasteiger partial charge < -0.3 is 15.7 Å². The molecule has 3 N–H and O–H groups in total. The Bertz CT molecular complexity index is 813. The average Bonchev–Trinajstić information content (AvgIpc) is 3.31. The first-order chi connectivity index (χ1) is 12.2. The molecule has 1 aliphatic heterocycles. The lowest BCUT2D eigenvalue weighted by Crippen LogP contribution is -2.74. The van der Waals surface area contributed by atoms with Crippen LogP contribution >= 0.6 is 0 Å². The molecule has 1 aromatic rings. The predicted octanol–water partition coefficient (Wildman–Crippen LogP) is 1.57. The fraction of sp³-hybridized carbons (Fsp3) is 0.500. The van der Waals surface area contributed by atoms with Crippen molar-refractivity contribution in [3.05, 3.63) is 35.1 Å². The summed E-state index contributed by atoms with van der Waals surface area (Å²) in [4.78, 5) is 24.2. The van der Waals surface area contributed by atoms with E-state index in [0.717, 1.165) is 11.0 Å². The number of nitrogens with two attached hydrogens (primary N) is 1. The molecular formula is C16H14F6N2O3. The molecule has 1 saturated carbocycles. The molecular weight excluding hydrogens is 382 g/mol. The summed E-state index contributed by atoms with van der Waals surface area (Å²) in [5.74, 6) is -8.33. The number of alkyl halides is 5. The van der Waals surface area contributed by atoms with Crippen molar-refractivity contribution in [2.75, 3.05) is 13.1 Å². The second-order valence-electron chi connectivity index (χ2n) is 6.94. The lowest BCUT2D eigenvalue weighted by molar-refractivity contribution is -0.232. The summed E-state index contributed by atoms with van der Waals surface area (Å²) in [7, 11) is 0. The summed E-state index contributed by atoms with van der Waals surface area (Å²) in [6.45, 7) is -1.82. The molecule has 2 aliphatic rings. The van der Waals surface area contributed by atoms with Gasteiger partial charge in [-0.1, -0.05) is 0 Å². The largest absolute Gasteiger partial charge is 0.416 e. The zero-order valence-electron chi connectivity index (χ0n) is 13.6. The van der Waals surface area contributed by atoms with Crippen LogP contribution in [0.15, 0.2) is 18.2 Å². The lowest BCUT2D eigenvalue weighted by Gasteiger charge is -2.49. The quantitative estimate of drug-likeness (QED) is 0.758. The molecule has 11 heteroatoms. The number of likely N-dealkylation sites (tertiary alicyclic amines) is 1. The lowest BCUT2D eigenvalue weighted by atomic mass is 9.83. The van der Waals surface area contributed by atoms with Crippen LogP contribution < -0.4 is 5.73 Å². The standard InChI is InChI=1S/C16H14F6N2O3/c17-10-4-8(3-9(5-10)16(20,21)22)13(1-2-13)12(26)24-6-14(27,7-24)15(18,19)11(23)25/h3-5,27H,1-2,6-7H2,(H2,23,25). The highest BCUT2D eigenvalue weighted by Gasteiger charge is 2.67. The van der Waals surface area contributed by atoms with Gasteiger partial charge >= 0.3 is 12.1 Å². The maximum absolute atomic E-state index is 13.6. The van der Waals surface area contributed by atoms with Crippen LogP contribution in [0.5, 0.6) is 0 Å². The average molecular weight is 396 g/mol. The number of hydrogen-bond donors (Lipinski definition) is 2. The molecule has 1 aromatic carbocycles. The monoisotopic (exact) mass is 396 g/mol. The molecule has 0 unspecified atom stereocenters. The van der Waals surface area contributed by atoms with Gasteiger partial charge in [-0.15, -0.1) is 0 Å². The maximum Gasteiger partial charge on any atom is 0.416 e. The Morgan fingerprint density at radius 1 is 1.07 bits per heavy atom. The summed E-state index contributed by atoms with van der Waals surface area (Å²) in [5.41, 5.74) is -1.24. The Morgan fingerprint density at radius 3 is 2.07 bits per heavy atom. The fourth-order valence-corrected chi connectivity index (χ4v) is 3.24. The van der Waals surface area contributed by atoms with Gasteiger partial charge in [-0.05, 0) is 36.6 Å². The number of β-amino-alcohol motifs (C(OH)–C–C–N with tert-alkyl or cyclic N) is 1. The smallest absolute Gasteiger partial charge is 0.379 e. The number of carbonyl (C=O) groups is 2. The molecule has 148 valence electrons. The van der Waals surface area contributed by atoms with Crippen LogP contribution in [0.3, 0.4) is 0 Å². The van der Waals surface area contributed by atoms with Crippen molar-refractivity contribution in [3.63, 3.8) is 0 Å². The molecule has 27 heavy (non-hydrogen) atoms. The topological polar surface area (TPSA) is 83.6 Å². The molecule has 3 rings (SSSR count). The van der Waals surface area contributed by atoms with E-state index in [-0.39, 0.29) is 18.4 Å². The van der Waals surface area contributed by atoms with E-state index >= 15 is 0 Å². The molecule has 0 spiro atoms. The summed E-state index contributed by atoms with van der Waals surface area (Å²) in [6.07, 6.45) is -4.61. The highest BCUT2D eigenvalue weighted by atomic mass is 19.4. The van der Waals surface area contributed by atoms with Crippen molar-refractivity contribution in [2.45, 2.75) is 36.0 Å². The van der Waals surface area contributed by atoms with Gasteiger partial charge in [0, 0.05) is 0 Å². The number of benzene rings is 1. The number of nitrogens with zero attached hydrogens (tertiary/aromatic N) is 1. The Balaban J connectivity index is 1.83. The molecule has 1 saturated heterocycles. The Hall–Kier alpha value is -2.30. The van der Waals surface area contributed by atoms with Crippen molar-refractivity contribution in [2.24, 2.45) is 5.73 Å². The van der Waals surface area contributed by atoms with E-state index in [0.29, 0.717) is 12.1 Å². The van der Waals surface area contributed by atoms with Gasteiger partial charge in [0.25, 0.3) is 5.91 Å². The number of amides is 2. The summed E-state index contributed by atoms with van der Waals surface area (Å²) < 4.78 is 79.6. The van der Waals surface area contributed by atoms with Crippen LogP contribution in [0, 0.1) is 5.82 Å². The number of hydrogen-bond acceptors (Lipinski definition) is 3. The molecule has 0 radical (unpaired) electrons. The number of aliphatic hydroxyl groups is 1. The van der Waals surface area contributed by atoms with E-state index in [4.69, 9.17) is 0 Å². The zero-order valence-corrected chi connectivity index (χ0v) is 13.6. The third-order valence-electron chi connectivity index (χ3n) is 5.02. The zero-order chi connectivity index (χ0) is 20.4. The molecule has 1 aliphatic carbocycles. The van der Waals surface area contributed by atoms with Crippen molar-refractivity contribution in [3.8, 4) is 0 Å². The minimum atomic E-state index is -4.82. The van der Waals surface area contributed by atoms with E-state index in [1.54, 1.807) is 0 Å². The minimum absolute atomic E-state index is 0.105. The number of primary amides is 1. The normalized spacial score (nSPS) is 20.8. The van der Waals surface area contributed by atoms with Crippen LogP contribution in [-0.2, 0) is 21.2 Å². The highest BCUT2D eigenvalue weighted by molar-refractivity contribution is 5.93. The summed E-state index contributed by atoms with van der Waals surface area (Å²) in [5, 5.41) is 9.83. The first kappa shape index (κ1) is 19.5. The van der Waals surface area contributed by atoms with E-state index in [1.807, 2.05) is 0 Å². The van der Waals surface area contributed by atoms with Crippen LogP contribution in [-0.4, -0.2) is 46.4 Å². The van der Waals surface area contributed by atoms with Crippen molar-refractivity contribution < 1.29 is 41.0 Å². The summed E-state index contributed by atoms with van der Waals surface area (Å²) in [6, 6.07) is 1.74. The van der Waals surface area contributed by atoms with Gasteiger partial charge in [0.2, 0.25) is 5.91 Å². The predicted molar refractivity (Wildman–Crippen MR) is 78.0 cm³/mol. The molecule has 5 nitrogen and oxygen atoms in total. The molecule has 2 fully saturated rings. The van der Waals surface area contributed by atoms with Crippen LogP contribution in [0.2, 0.25) is 0 Å². The number of rotatable bonds is 4. The Kier molecular flexibility index (Phi) is 4.04. The van der Waals surface area contributed by atoms with Gasteiger partial charge in [-0.2, -0.15) is 22.0 Å². The molecule has 1 heterocycles. The second kappa shape index (κ2) is 5.60. The van der Waals surface area contributed by atoms with E-state index in [9.17, 15) is 41.0 Å². The summed E-state index contributed by atoms with van der Waals surface area (Å²) >= 11 is 0. The van der Waals surface area contributed by atoms with E-state index in [1.165, 1.54) is 0 Å². The first-order valence-electron chi connectivity index (χ1n) is 7.81. The SMILES string of the molecule is NC(=O)C(F)(F)C1(O)CN(C(=O)C2(c3cc(F)cc(C(F)(F)F)c3)CC2)C1. The molecule has 2 amide bonds. The van der Waals surface area contributed by atoms with E-state index in [2.05, 4.69) is 5.73 Å². The van der Waals surface area contributed by atoms with Gasteiger partial charge in [0.15, 0.2) is 5.60 Å². The van der Waals surface area contributed by atoms with Gasteiger partial charge in [0.05, 0.1) is 24.1 Å². The van der Waals surface area contributed by atoms with Crippen molar-refractivity contribution in [1.29, 1.82) is 0 Å². The fourth-order valence-electron chi connectivity index (χ4n) is 3.24. The Labute approximate surface area is 148 Å². The van der Waals surface area contributed by atoms with Gasteiger partial charge in [-0.3, -0.25) is 9.59 Å².